The fourth-order valence-electron chi connectivity index (χ4n) is 4.07. The van der Waals surface area contributed by atoms with Gasteiger partial charge in [0.1, 0.15) is 16.6 Å². The smallest absolute Gasteiger partial charge is 0.312 e. The highest BCUT2D eigenvalue weighted by molar-refractivity contribution is 7.00. The molecule has 0 N–H and O–H groups in total. The molecule has 0 aliphatic carbocycles. The minimum absolute atomic E-state index is 0.0328. The fraction of sp³-hybridized carbons (Fsp3) is 0.556. The molecule has 1 aromatic heterocycles. The number of imide groups is 1. The summed E-state index contributed by atoms with van der Waals surface area (Å²) in [5.41, 5.74) is 2.40. The van der Waals surface area contributed by atoms with Gasteiger partial charge in [0.05, 0.1) is 11.7 Å². The standard InChI is InChI=1S/C18H23N5O2S/c1-12(2)23-16(24)18(21(3)17(23)25)6-8-22(9-7-18)11-13-4-5-14-15(10-13)20-26-19-14/h4-5,10,12H,6-9,11H2,1-3H3. The second-order valence-corrected chi connectivity index (χ2v) is 8.03. The van der Waals surface area contributed by atoms with Crippen LogP contribution in [0.4, 0.5) is 4.79 Å². The van der Waals surface area contributed by atoms with E-state index in [0.29, 0.717) is 12.8 Å². The van der Waals surface area contributed by atoms with Gasteiger partial charge < -0.3 is 4.90 Å². The van der Waals surface area contributed by atoms with Crippen LogP contribution < -0.4 is 0 Å². The fourth-order valence-corrected chi connectivity index (χ4v) is 4.59. The highest BCUT2D eigenvalue weighted by Gasteiger charge is 2.56. The molecule has 26 heavy (non-hydrogen) atoms. The molecule has 1 aromatic carbocycles. The van der Waals surface area contributed by atoms with Crippen LogP contribution in [0, 0.1) is 0 Å². The Morgan fingerprint density at radius 3 is 2.50 bits per heavy atom. The van der Waals surface area contributed by atoms with Crippen LogP contribution in [0.3, 0.4) is 0 Å². The first-order valence-corrected chi connectivity index (χ1v) is 9.70. The lowest BCUT2D eigenvalue weighted by molar-refractivity contribution is -0.136. The van der Waals surface area contributed by atoms with Crippen LogP contribution in [-0.2, 0) is 11.3 Å². The van der Waals surface area contributed by atoms with Gasteiger partial charge >= 0.3 is 6.03 Å². The van der Waals surface area contributed by atoms with E-state index in [0.717, 1.165) is 30.7 Å². The first-order valence-electron chi connectivity index (χ1n) is 8.97. The maximum absolute atomic E-state index is 13.0. The number of likely N-dealkylation sites (tertiary alicyclic amines) is 1. The van der Waals surface area contributed by atoms with E-state index in [-0.39, 0.29) is 18.0 Å². The Hall–Kier alpha value is -2.06. The number of urea groups is 1. The first kappa shape index (κ1) is 17.4. The molecule has 2 fully saturated rings. The summed E-state index contributed by atoms with van der Waals surface area (Å²) < 4.78 is 8.54. The zero-order chi connectivity index (χ0) is 18.5. The predicted octanol–water partition coefficient (Wildman–Crippen LogP) is 2.33. The Morgan fingerprint density at radius 2 is 1.85 bits per heavy atom. The highest BCUT2D eigenvalue weighted by Crippen LogP contribution is 2.37. The molecule has 0 saturated carbocycles. The van der Waals surface area contributed by atoms with Gasteiger partial charge in [0.25, 0.3) is 5.91 Å². The van der Waals surface area contributed by atoms with Gasteiger partial charge in [-0.25, -0.2) is 4.79 Å². The molecule has 0 atom stereocenters. The molecule has 2 aliphatic rings. The normalized spacial score (nSPS) is 20.9. The van der Waals surface area contributed by atoms with Crippen molar-refractivity contribution in [1.82, 2.24) is 23.4 Å². The van der Waals surface area contributed by atoms with Crippen LogP contribution in [0.2, 0.25) is 0 Å². The molecule has 7 nitrogen and oxygen atoms in total. The van der Waals surface area contributed by atoms with E-state index >= 15 is 0 Å². The summed E-state index contributed by atoms with van der Waals surface area (Å²) in [5.74, 6) is -0.0328. The van der Waals surface area contributed by atoms with Crippen molar-refractivity contribution in [3.63, 3.8) is 0 Å². The van der Waals surface area contributed by atoms with Gasteiger partial charge in [0.15, 0.2) is 0 Å². The maximum Gasteiger partial charge on any atom is 0.327 e. The summed E-state index contributed by atoms with van der Waals surface area (Å²) in [7, 11) is 1.77. The molecule has 138 valence electrons. The van der Waals surface area contributed by atoms with E-state index in [2.05, 4.69) is 25.8 Å². The highest BCUT2D eigenvalue weighted by atomic mass is 32.1. The third-order valence-corrected chi connectivity index (χ3v) is 6.23. The molecule has 2 aliphatic heterocycles. The van der Waals surface area contributed by atoms with Crippen LogP contribution >= 0.6 is 11.7 Å². The van der Waals surface area contributed by atoms with Crippen LogP contribution in [0.5, 0.6) is 0 Å². The molecule has 8 heteroatoms. The molecular weight excluding hydrogens is 350 g/mol. The molecule has 2 saturated heterocycles. The van der Waals surface area contributed by atoms with Crippen LogP contribution in [0.25, 0.3) is 11.0 Å². The summed E-state index contributed by atoms with van der Waals surface area (Å²) in [6.07, 6.45) is 1.36. The number of fused-ring (bicyclic) bond motifs is 1. The Kier molecular flexibility index (Phi) is 4.19. The second kappa shape index (κ2) is 6.28. The quantitative estimate of drug-likeness (QED) is 0.773. The van der Waals surface area contributed by atoms with E-state index in [4.69, 9.17) is 0 Å². The lowest BCUT2D eigenvalue weighted by Gasteiger charge is -2.40. The maximum atomic E-state index is 13.0. The van der Waals surface area contributed by atoms with E-state index in [1.54, 1.807) is 11.9 Å². The molecule has 0 unspecified atom stereocenters. The minimum Gasteiger partial charge on any atom is -0.312 e. The summed E-state index contributed by atoms with van der Waals surface area (Å²) in [6, 6.07) is 5.91. The second-order valence-electron chi connectivity index (χ2n) is 7.51. The van der Waals surface area contributed by atoms with Gasteiger partial charge in [-0.15, -0.1) is 0 Å². The Morgan fingerprint density at radius 1 is 1.15 bits per heavy atom. The van der Waals surface area contributed by atoms with E-state index < -0.39 is 5.54 Å². The van der Waals surface area contributed by atoms with Gasteiger partial charge in [-0.05, 0) is 44.4 Å². The molecule has 4 rings (SSSR count). The Labute approximate surface area is 156 Å². The van der Waals surface area contributed by atoms with E-state index in [1.165, 1.54) is 22.2 Å². The minimum atomic E-state index is -0.666. The summed E-state index contributed by atoms with van der Waals surface area (Å²) in [6.45, 7) is 6.19. The largest absolute Gasteiger partial charge is 0.327 e. The zero-order valence-corrected chi connectivity index (χ0v) is 16.1. The van der Waals surface area contributed by atoms with Crippen LogP contribution in [-0.4, -0.2) is 67.1 Å². The number of amides is 3. The summed E-state index contributed by atoms with van der Waals surface area (Å²) in [4.78, 5) is 30.9. The van der Waals surface area contributed by atoms with Crippen molar-refractivity contribution in [3.8, 4) is 0 Å². The number of carbonyl (C=O) groups excluding carboxylic acids is 2. The van der Waals surface area contributed by atoms with Crippen molar-refractivity contribution < 1.29 is 9.59 Å². The molecule has 0 radical (unpaired) electrons. The monoisotopic (exact) mass is 373 g/mol. The van der Waals surface area contributed by atoms with Crippen molar-refractivity contribution in [2.45, 2.75) is 44.8 Å². The van der Waals surface area contributed by atoms with Crippen molar-refractivity contribution in [2.24, 2.45) is 0 Å². The molecule has 1 spiro atoms. The third-order valence-electron chi connectivity index (χ3n) is 5.68. The topological polar surface area (TPSA) is 69.6 Å². The van der Waals surface area contributed by atoms with Crippen molar-refractivity contribution in [1.29, 1.82) is 0 Å². The van der Waals surface area contributed by atoms with Gasteiger partial charge in [-0.3, -0.25) is 14.6 Å². The summed E-state index contributed by atoms with van der Waals surface area (Å²) in [5, 5.41) is 0. The third kappa shape index (κ3) is 2.59. The van der Waals surface area contributed by atoms with Crippen molar-refractivity contribution in [3.05, 3.63) is 23.8 Å². The Bertz CT molecular complexity index is 856. The lowest BCUT2D eigenvalue weighted by Crippen LogP contribution is -2.55. The van der Waals surface area contributed by atoms with Gasteiger partial charge in [0.2, 0.25) is 0 Å². The predicted molar refractivity (Wildman–Crippen MR) is 99.8 cm³/mol. The number of aromatic nitrogens is 2. The molecule has 0 bridgehead atoms. The van der Waals surface area contributed by atoms with Crippen LogP contribution in [0.15, 0.2) is 18.2 Å². The summed E-state index contributed by atoms with van der Waals surface area (Å²) >= 11 is 1.23. The van der Waals surface area contributed by atoms with Gasteiger partial charge in [-0.1, -0.05) is 6.07 Å². The number of carbonyl (C=O) groups is 2. The number of likely N-dealkylation sites (N-methyl/N-ethyl adjacent to an activating group) is 1. The number of piperidine rings is 1. The SMILES string of the molecule is CC(C)N1C(=O)N(C)C2(CCN(Cc3ccc4nsnc4c3)CC2)C1=O. The number of rotatable bonds is 3. The first-order chi connectivity index (χ1) is 12.4. The molecule has 3 heterocycles. The lowest BCUT2D eigenvalue weighted by atomic mass is 9.86. The Balaban J connectivity index is 1.46. The van der Waals surface area contributed by atoms with Crippen molar-refractivity contribution in [2.75, 3.05) is 20.1 Å². The van der Waals surface area contributed by atoms with Gasteiger partial charge in [0, 0.05) is 32.7 Å². The number of hydrogen-bond acceptors (Lipinski definition) is 6. The van der Waals surface area contributed by atoms with E-state index in [1.807, 2.05) is 19.9 Å². The van der Waals surface area contributed by atoms with Gasteiger partial charge in [-0.2, -0.15) is 8.75 Å². The zero-order valence-electron chi connectivity index (χ0n) is 15.3. The molecule has 3 amide bonds. The molecular formula is C18H23N5O2S. The average Bonchev–Trinajstić information content (AvgIpc) is 3.15. The molecule has 2 aromatic rings. The number of benzene rings is 1. The van der Waals surface area contributed by atoms with E-state index in [9.17, 15) is 9.59 Å². The number of nitrogens with zero attached hydrogens (tertiary/aromatic N) is 5. The average molecular weight is 373 g/mol. The van der Waals surface area contributed by atoms with Crippen LogP contribution in [0.1, 0.15) is 32.3 Å². The van der Waals surface area contributed by atoms with Crippen molar-refractivity contribution >= 4 is 34.7 Å². The number of hydrogen-bond donors (Lipinski definition) is 0.